The minimum Gasteiger partial charge on any atom is -0.447 e. The van der Waals surface area contributed by atoms with Crippen LogP contribution in [0.1, 0.15) is 29.1 Å². The SMILES string of the molecule is O=C(CSCc1nc2sc3c(c2c(=O)[nH]1)CCCC3)Nc1ccccc1N1CCOC1=O. The van der Waals surface area contributed by atoms with Crippen molar-refractivity contribution in [2.75, 3.05) is 29.1 Å². The number of benzene rings is 1. The minimum atomic E-state index is -0.415. The van der Waals surface area contributed by atoms with Gasteiger partial charge in [-0.2, -0.15) is 0 Å². The lowest BCUT2D eigenvalue weighted by Crippen LogP contribution is -2.25. The molecule has 0 saturated carbocycles. The Balaban J connectivity index is 1.23. The molecule has 2 aromatic heterocycles. The molecule has 0 radical (unpaired) electrons. The summed E-state index contributed by atoms with van der Waals surface area (Å²) in [7, 11) is 0. The number of aryl methyl sites for hydroxylation is 2. The largest absolute Gasteiger partial charge is 0.447 e. The van der Waals surface area contributed by atoms with Gasteiger partial charge in [0.25, 0.3) is 5.56 Å². The second kappa shape index (κ2) is 8.95. The first-order chi connectivity index (χ1) is 15.6. The molecule has 166 valence electrons. The van der Waals surface area contributed by atoms with Crippen molar-refractivity contribution in [3.63, 3.8) is 0 Å². The summed E-state index contributed by atoms with van der Waals surface area (Å²) >= 11 is 3.00. The Labute approximate surface area is 192 Å². The lowest BCUT2D eigenvalue weighted by atomic mass is 9.97. The van der Waals surface area contributed by atoms with Gasteiger partial charge in [0, 0.05) is 4.88 Å². The summed E-state index contributed by atoms with van der Waals surface area (Å²) in [5, 5.41) is 3.61. The van der Waals surface area contributed by atoms with Crippen LogP contribution in [0.5, 0.6) is 0 Å². The quantitative estimate of drug-likeness (QED) is 0.569. The Morgan fingerprint density at radius 1 is 1.25 bits per heavy atom. The second-order valence-corrected chi connectivity index (χ2v) is 9.80. The predicted molar refractivity (Wildman–Crippen MR) is 127 cm³/mol. The van der Waals surface area contributed by atoms with Gasteiger partial charge >= 0.3 is 6.09 Å². The van der Waals surface area contributed by atoms with Crippen LogP contribution in [0.3, 0.4) is 0 Å². The molecule has 8 nitrogen and oxygen atoms in total. The van der Waals surface area contributed by atoms with E-state index in [4.69, 9.17) is 4.74 Å². The summed E-state index contributed by atoms with van der Waals surface area (Å²) in [5.74, 6) is 1.02. The third-order valence-corrected chi connectivity index (χ3v) is 7.71. The molecule has 1 aromatic carbocycles. The van der Waals surface area contributed by atoms with Crippen LogP contribution in [0.2, 0.25) is 0 Å². The number of carbonyl (C=O) groups is 2. The van der Waals surface area contributed by atoms with Crippen molar-refractivity contribution in [1.29, 1.82) is 0 Å². The molecule has 2 aliphatic rings. The Bertz CT molecular complexity index is 1250. The average Bonchev–Trinajstić information content (AvgIpc) is 3.37. The van der Waals surface area contributed by atoms with Gasteiger partial charge in [-0.25, -0.2) is 9.78 Å². The van der Waals surface area contributed by atoms with Crippen molar-refractivity contribution in [2.45, 2.75) is 31.4 Å². The van der Waals surface area contributed by atoms with Crippen LogP contribution in [0.4, 0.5) is 16.2 Å². The molecule has 5 rings (SSSR count). The highest BCUT2D eigenvalue weighted by Crippen LogP contribution is 2.33. The standard InChI is InChI=1S/C22H22N4O4S2/c27-18(23-14-6-2-3-7-15(14)26-9-10-30-22(26)29)12-31-11-17-24-20(28)19-13-5-1-4-8-16(13)32-21(19)25-17/h2-3,6-7H,1,4-5,8-12H2,(H,23,27)(H,24,25,28). The molecule has 3 aromatic rings. The Kier molecular flexibility index (Phi) is 5.88. The van der Waals surface area contributed by atoms with Crippen molar-refractivity contribution in [1.82, 2.24) is 9.97 Å². The molecule has 0 atom stereocenters. The molecule has 1 aliphatic heterocycles. The number of hydrogen-bond acceptors (Lipinski definition) is 7. The van der Waals surface area contributed by atoms with Crippen LogP contribution < -0.4 is 15.8 Å². The van der Waals surface area contributed by atoms with E-state index in [1.165, 1.54) is 27.1 Å². The molecule has 3 heterocycles. The van der Waals surface area contributed by atoms with Gasteiger partial charge in [0.2, 0.25) is 5.91 Å². The smallest absolute Gasteiger partial charge is 0.414 e. The minimum absolute atomic E-state index is 0.0825. The summed E-state index contributed by atoms with van der Waals surface area (Å²) in [5.41, 5.74) is 2.27. The van der Waals surface area contributed by atoms with Crippen LogP contribution in [0.25, 0.3) is 10.2 Å². The van der Waals surface area contributed by atoms with Crippen molar-refractivity contribution < 1.29 is 14.3 Å². The second-order valence-electron chi connectivity index (χ2n) is 7.73. The van der Waals surface area contributed by atoms with Gasteiger partial charge in [0.05, 0.1) is 34.8 Å². The van der Waals surface area contributed by atoms with Crippen LogP contribution >= 0.6 is 23.1 Å². The highest BCUT2D eigenvalue weighted by molar-refractivity contribution is 7.99. The van der Waals surface area contributed by atoms with E-state index in [9.17, 15) is 14.4 Å². The maximum Gasteiger partial charge on any atom is 0.414 e. The van der Waals surface area contributed by atoms with Crippen LogP contribution in [0.15, 0.2) is 29.1 Å². The van der Waals surface area contributed by atoms with Crippen molar-refractivity contribution >= 4 is 56.7 Å². The zero-order valence-corrected chi connectivity index (χ0v) is 18.9. The van der Waals surface area contributed by atoms with E-state index >= 15 is 0 Å². The number of H-pyrrole nitrogens is 1. The first-order valence-corrected chi connectivity index (χ1v) is 12.5. The highest BCUT2D eigenvalue weighted by atomic mass is 32.2. The fourth-order valence-electron chi connectivity index (χ4n) is 4.13. The lowest BCUT2D eigenvalue weighted by Gasteiger charge is -2.17. The number of hydrogen-bond donors (Lipinski definition) is 2. The monoisotopic (exact) mass is 470 g/mol. The molecule has 1 aliphatic carbocycles. The number of amides is 2. The fraction of sp³-hybridized carbons (Fsp3) is 0.364. The number of aromatic nitrogens is 2. The first-order valence-electron chi connectivity index (χ1n) is 10.5. The van der Waals surface area contributed by atoms with E-state index in [0.29, 0.717) is 36.1 Å². The molecular weight excluding hydrogens is 448 g/mol. The van der Waals surface area contributed by atoms with Crippen LogP contribution in [-0.4, -0.2) is 40.9 Å². The summed E-state index contributed by atoms with van der Waals surface area (Å²) in [6, 6.07) is 7.15. The lowest BCUT2D eigenvalue weighted by molar-refractivity contribution is -0.113. The number of ether oxygens (including phenoxy) is 1. The number of para-hydroxylation sites is 2. The van der Waals surface area contributed by atoms with Gasteiger partial charge in [-0.05, 0) is 43.4 Å². The van der Waals surface area contributed by atoms with E-state index in [1.807, 2.05) is 6.07 Å². The molecule has 2 amide bonds. The van der Waals surface area contributed by atoms with E-state index in [-0.39, 0.29) is 17.2 Å². The Morgan fingerprint density at radius 3 is 2.94 bits per heavy atom. The van der Waals surface area contributed by atoms with Gasteiger partial charge in [-0.15, -0.1) is 23.1 Å². The zero-order chi connectivity index (χ0) is 22.1. The molecule has 1 saturated heterocycles. The molecule has 32 heavy (non-hydrogen) atoms. The first kappa shape index (κ1) is 21.0. The van der Waals surface area contributed by atoms with E-state index < -0.39 is 6.09 Å². The number of nitrogens with one attached hydrogen (secondary N) is 2. The van der Waals surface area contributed by atoms with Crippen molar-refractivity contribution in [2.24, 2.45) is 0 Å². The highest BCUT2D eigenvalue weighted by Gasteiger charge is 2.26. The number of cyclic esters (lactones) is 1. The molecule has 10 heteroatoms. The third kappa shape index (κ3) is 4.12. The maximum absolute atomic E-state index is 12.6. The number of carbonyl (C=O) groups excluding carboxylic acids is 2. The maximum atomic E-state index is 12.6. The summed E-state index contributed by atoms with van der Waals surface area (Å²) in [6.07, 6.45) is 3.84. The zero-order valence-electron chi connectivity index (χ0n) is 17.3. The molecule has 0 bridgehead atoms. The number of thioether (sulfide) groups is 1. The molecule has 1 fully saturated rings. The van der Waals surface area contributed by atoms with Gasteiger partial charge in [-0.1, -0.05) is 12.1 Å². The Morgan fingerprint density at radius 2 is 2.09 bits per heavy atom. The number of rotatable bonds is 6. The topological polar surface area (TPSA) is 104 Å². The van der Waals surface area contributed by atoms with Crippen molar-refractivity contribution in [3.8, 4) is 0 Å². The molecular formula is C22H22N4O4S2. The van der Waals surface area contributed by atoms with Gasteiger partial charge < -0.3 is 15.0 Å². The summed E-state index contributed by atoms with van der Waals surface area (Å²) in [4.78, 5) is 48.2. The number of anilines is 2. The van der Waals surface area contributed by atoms with Crippen LogP contribution in [0, 0.1) is 0 Å². The molecule has 2 N–H and O–H groups in total. The number of thiophene rings is 1. The molecule has 0 spiro atoms. The fourth-order valence-corrected chi connectivity index (χ4v) is 6.10. The molecule has 0 unspecified atom stereocenters. The van der Waals surface area contributed by atoms with E-state index in [1.54, 1.807) is 29.5 Å². The van der Waals surface area contributed by atoms with E-state index in [2.05, 4.69) is 15.3 Å². The van der Waals surface area contributed by atoms with Gasteiger partial charge in [-0.3, -0.25) is 14.5 Å². The third-order valence-electron chi connectivity index (χ3n) is 5.58. The number of fused-ring (bicyclic) bond motifs is 3. The Hall–Kier alpha value is -2.85. The van der Waals surface area contributed by atoms with Crippen molar-refractivity contribution in [3.05, 3.63) is 50.9 Å². The average molecular weight is 471 g/mol. The van der Waals surface area contributed by atoms with E-state index in [0.717, 1.165) is 35.9 Å². The summed E-state index contributed by atoms with van der Waals surface area (Å²) in [6.45, 7) is 0.786. The normalized spacial score (nSPS) is 15.6. The van der Waals surface area contributed by atoms with Gasteiger partial charge in [0.15, 0.2) is 0 Å². The summed E-state index contributed by atoms with van der Waals surface area (Å²) < 4.78 is 5.00. The number of aromatic amines is 1. The van der Waals surface area contributed by atoms with Gasteiger partial charge in [0.1, 0.15) is 17.3 Å². The van der Waals surface area contributed by atoms with Crippen LogP contribution in [-0.2, 0) is 28.1 Å². The number of nitrogens with zero attached hydrogens (tertiary/aromatic N) is 2. The predicted octanol–water partition coefficient (Wildman–Crippen LogP) is 3.69.